The molecule has 0 saturated heterocycles. The minimum atomic E-state index is 0.788. The van der Waals surface area contributed by atoms with Gasteiger partial charge in [-0.25, -0.2) is 9.97 Å². The molecule has 2 N–H and O–H groups in total. The zero-order valence-corrected chi connectivity index (χ0v) is 5.93. The van der Waals surface area contributed by atoms with E-state index >= 15 is 0 Å². The molecule has 0 bridgehead atoms. The third-order valence-electron chi connectivity index (χ3n) is 1.21. The number of nitrogens with two attached hydrogens (primary N) is 1. The van der Waals surface area contributed by atoms with E-state index in [1.54, 1.807) is 6.20 Å². The van der Waals surface area contributed by atoms with Crippen LogP contribution in [-0.2, 0) is 0 Å². The van der Waals surface area contributed by atoms with E-state index in [0.29, 0.717) is 0 Å². The SMILES string of the molecule is Nc1cc2cncnc2s1. The van der Waals surface area contributed by atoms with E-state index in [4.69, 9.17) is 5.73 Å². The molecule has 0 radical (unpaired) electrons. The second kappa shape index (κ2) is 1.91. The van der Waals surface area contributed by atoms with Crippen molar-refractivity contribution in [3.8, 4) is 0 Å². The van der Waals surface area contributed by atoms with Crippen LogP contribution in [0.25, 0.3) is 10.2 Å². The number of hydrogen-bond acceptors (Lipinski definition) is 4. The van der Waals surface area contributed by atoms with Crippen LogP contribution in [0.2, 0.25) is 0 Å². The molecule has 0 atom stereocenters. The van der Waals surface area contributed by atoms with Gasteiger partial charge in [-0.1, -0.05) is 11.3 Å². The van der Waals surface area contributed by atoms with Gasteiger partial charge in [0.1, 0.15) is 11.2 Å². The summed E-state index contributed by atoms with van der Waals surface area (Å²) in [5, 5.41) is 1.81. The van der Waals surface area contributed by atoms with Gasteiger partial charge < -0.3 is 5.73 Å². The van der Waals surface area contributed by atoms with Crippen molar-refractivity contribution in [1.29, 1.82) is 0 Å². The van der Waals surface area contributed by atoms with Crippen LogP contribution in [0.1, 0.15) is 0 Å². The quantitative estimate of drug-likeness (QED) is 0.617. The fourth-order valence-electron chi connectivity index (χ4n) is 0.808. The van der Waals surface area contributed by atoms with Crippen molar-refractivity contribution >= 4 is 26.6 Å². The lowest BCUT2D eigenvalue weighted by molar-refractivity contribution is 1.23. The summed E-state index contributed by atoms with van der Waals surface area (Å²) >= 11 is 1.48. The van der Waals surface area contributed by atoms with Crippen molar-refractivity contribution in [2.24, 2.45) is 0 Å². The molecule has 4 heteroatoms. The van der Waals surface area contributed by atoms with E-state index in [1.807, 2.05) is 6.07 Å². The lowest BCUT2D eigenvalue weighted by Gasteiger charge is -1.80. The molecule has 0 aliphatic heterocycles. The Kier molecular flexibility index (Phi) is 1.07. The van der Waals surface area contributed by atoms with Crippen LogP contribution in [0.4, 0.5) is 5.00 Å². The van der Waals surface area contributed by atoms with Crippen molar-refractivity contribution in [3.63, 3.8) is 0 Å². The van der Waals surface area contributed by atoms with Crippen LogP contribution in [0.3, 0.4) is 0 Å². The highest BCUT2D eigenvalue weighted by Crippen LogP contribution is 2.23. The summed E-state index contributed by atoms with van der Waals surface area (Å²) in [5.41, 5.74) is 5.54. The van der Waals surface area contributed by atoms with Gasteiger partial charge in [0, 0.05) is 11.6 Å². The smallest absolute Gasteiger partial charge is 0.128 e. The van der Waals surface area contributed by atoms with E-state index in [2.05, 4.69) is 9.97 Å². The molecule has 2 aromatic rings. The summed E-state index contributed by atoms with van der Waals surface area (Å²) in [5.74, 6) is 0. The monoisotopic (exact) mass is 151 g/mol. The van der Waals surface area contributed by atoms with E-state index in [9.17, 15) is 0 Å². The van der Waals surface area contributed by atoms with Crippen molar-refractivity contribution in [2.75, 3.05) is 5.73 Å². The predicted octanol–water partition coefficient (Wildman–Crippen LogP) is 1.27. The first kappa shape index (κ1) is 5.61. The van der Waals surface area contributed by atoms with Gasteiger partial charge in [-0.15, -0.1) is 0 Å². The van der Waals surface area contributed by atoms with Crippen LogP contribution >= 0.6 is 11.3 Å². The Bertz CT molecular complexity index is 322. The van der Waals surface area contributed by atoms with Crippen LogP contribution in [0, 0.1) is 0 Å². The highest BCUT2D eigenvalue weighted by molar-refractivity contribution is 7.22. The van der Waals surface area contributed by atoms with Crippen LogP contribution < -0.4 is 5.73 Å². The molecule has 0 amide bonds. The second-order valence-corrected chi connectivity index (χ2v) is 2.99. The number of aromatic nitrogens is 2. The summed E-state index contributed by atoms with van der Waals surface area (Å²) in [6.45, 7) is 0. The fourth-order valence-corrected chi connectivity index (χ4v) is 1.55. The predicted molar refractivity (Wildman–Crippen MR) is 41.8 cm³/mol. The molecular formula is C6H5N3S. The first-order valence-electron chi connectivity index (χ1n) is 2.81. The van der Waals surface area contributed by atoms with Crippen molar-refractivity contribution < 1.29 is 0 Å². The Hall–Kier alpha value is -1.16. The van der Waals surface area contributed by atoms with Gasteiger partial charge in [0.05, 0.1) is 5.00 Å². The number of rotatable bonds is 0. The molecule has 2 rings (SSSR count). The Morgan fingerprint density at radius 3 is 3.20 bits per heavy atom. The Morgan fingerprint density at radius 2 is 2.40 bits per heavy atom. The van der Waals surface area contributed by atoms with Crippen LogP contribution in [-0.4, -0.2) is 9.97 Å². The molecule has 0 aliphatic rings. The van der Waals surface area contributed by atoms with E-state index in [1.165, 1.54) is 17.7 Å². The highest BCUT2D eigenvalue weighted by Gasteiger charge is 1.96. The maximum atomic E-state index is 5.54. The van der Waals surface area contributed by atoms with Crippen molar-refractivity contribution in [1.82, 2.24) is 9.97 Å². The molecule has 2 heterocycles. The molecule has 0 saturated carbocycles. The molecule has 50 valence electrons. The van der Waals surface area contributed by atoms with Gasteiger partial charge in [-0.05, 0) is 6.07 Å². The maximum Gasteiger partial charge on any atom is 0.128 e. The average molecular weight is 151 g/mol. The molecule has 0 aromatic carbocycles. The van der Waals surface area contributed by atoms with Gasteiger partial charge in [0.2, 0.25) is 0 Å². The number of thiophene rings is 1. The Balaban J connectivity index is 2.88. The number of nitrogen functional groups attached to an aromatic ring is 1. The van der Waals surface area contributed by atoms with E-state index in [-0.39, 0.29) is 0 Å². The highest BCUT2D eigenvalue weighted by atomic mass is 32.1. The normalized spacial score (nSPS) is 10.4. The topological polar surface area (TPSA) is 51.8 Å². The Morgan fingerprint density at radius 1 is 1.50 bits per heavy atom. The minimum absolute atomic E-state index is 0.788. The van der Waals surface area contributed by atoms with Crippen molar-refractivity contribution in [3.05, 3.63) is 18.6 Å². The molecule has 10 heavy (non-hydrogen) atoms. The minimum Gasteiger partial charge on any atom is -0.391 e. The third kappa shape index (κ3) is 0.733. The van der Waals surface area contributed by atoms with Crippen molar-refractivity contribution in [2.45, 2.75) is 0 Å². The summed E-state index contributed by atoms with van der Waals surface area (Å²) < 4.78 is 0. The van der Waals surface area contributed by atoms with E-state index < -0.39 is 0 Å². The molecular weight excluding hydrogens is 146 g/mol. The third-order valence-corrected chi connectivity index (χ3v) is 2.10. The second-order valence-electron chi connectivity index (χ2n) is 1.93. The Labute approximate surface area is 61.5 Å². The summed E-state index contributed by atoms with van der Waals surface area (Å²) in [7, 11) is 0. The van der Waals surface area contributed by atoms with Gasteiger partial charge in [-0.2, -0.15) is 0 Å². The van der Waals surface area contributed by atoms with Gasteiger partial charge >= 0.3 is 0 Å². The molecule has 2 aromatic heterocycles. The number of nitrogens with zero attached hydrogens (tertiary/aromatic N) is 2. The molecule has 3 nitrogen and oxygen atoms in total. The molecule has 0 unspecified atom stereocenters. The summed E-state index contributed by atoms with van der Waals surface area (Å²) in [6.07, 6.45) is 3.29. The standard InChI is InChI=1S/C6H5N3S/c7-5-1-4-2-8-3-9-6(4)10-5/h1-3H,7H2. The number of hydrogen-bond donors (Lipinski definition) is 1. The lowest BCUT2D eigenvalue weighted by atomic mass is 10.4. The first-order chi connectivity index (χ1) is 4.86. The summed E-state index contributed by atoms with van der Waals surface area (Å²) in [4.78, 5) is 8.85. The zero-order valence-electron chi connectivity index (χ0n) is 5.11. The van der Waals surface area contributed by atoms with Gasteiger partial charge in [0.15, 0.2) is 0 Å². The largest absolute Gasteiger partial charge is 0.391 e. The van der Waals surface area contributed by atoms with Crippen LogP contribution in [0.15, 0.2) is 18.6 Å². The first-order valence-corrected chi connectivity index (χ1v) is 3.63. The molecule has 0 aliphatic carbocycles. The van der Waals surface area contributed by atoms with Crippen LogP contribution in [0.5, 0.6) is 0 Å². The maximum absolute atomic E-state index is 5.54. The fraction of sp³-hybridized carbons (Fsp3) is 0. The van der Waals surface area contributed by atoms with E-state index in [0.717, 1.165) is 15.2 Å². The molecule has 0 fully saturated rings. The number of anilines is 1. The molecule has 0 spiro atoms. The number of fused-ring (bicyclic) bond motifs is 1. The average Bonchev–Trinajstić information content (AvgIpc) is 2.27. The zero-order chi connectivity index (χ0) is 6.97. The van der Waals surface area contributed by atoms with Gasteiger partial charge in [-0.3, -0.25) is 0 Å². The summed E-state index contributed by atoms with van der Waals surface area (Å²) in [6, 6.07) is 1.88. The van der Waals surface area contributed by atoms with Gasteiger partial charge in [0.25, 0.3) is 0 Å². The lowest BCUT2D eigenvalue weighted by Crippen LogP contribution is -1.73.